The summed E-state index contributed by atoms with van der Waals surface area (Å²) >= 11 is 4.37. The maximum atomic E-state index is 3.75. The lowest BCUT2D eigenvalue weighted by molar-refractivity contribution is 0.391. The van der Waals surface area contributed by atoms with E-state index in [1.54, 1.807) is 0 Å². The molecule has 0 radical (unpaired) electrons. The summed E-state index contributed by atoms with van der Waals surface area (Å²) in [6.45, 7) is 3.39. The van der Waals surface area contributed by atoms with E-state index in [0.717, 1.165) is 23.8 Å². The quantitative estimate of drug-likeness (QED) is 0.813. The molecule has 1 N–H and O–H groups in total. The lowest BCUT2D eigenvalue weighted by Gasteiger charge is -2.31. The average molecular weight is 259 g/mol. The molecule has 0 aromatic rings. The van der Waals surface area contributed by atoms with E-state index in [4.69, 9.17) is 0 Å². The van der Waals surface area contributed by atoms with Crippen LogP contribution >= 0.6 is 23.5 Å². The summed E-state index contributed by atoms with van der Waals surface area (Å²) in [5, 5.41) is 4.62. The van der Waals surface area contributed by atoms with E-state index in [9.17, 15) is 0 Å². The molecule has 2 unspecified atom stereocenters. The Kier molecular flexibility index (Phi) is 5.87. The van der Waals surface area contributed by atoms with Crippen LogP contribution in [-0.4, -0.2) is 35.1 Å². The molecule has 2 rings (SSSR count). The first-order chi connectivity index (χ1) is 7.90. The molecule has 2 fully saturated rings. The Morgan fingerprint density at radius 1 is 1.25 bits per heavy atom. The van der Waals surface area contributed by atoms with Crippen molar-refractivity contribution in [1.82, 2.24) is 5.32 Å². The molecule has 0 spiro atoms. The highest BCUT2D eigenvalue weighted by Crippen LogP contribution is 2.33. The summed E-state index contributed by atoms with van der Waals surface area (Å²) in [7, 11) is 0. The molecule has 1 saturated heterocycles. The SMILES string of the molecule is CCNC(CC1CCCC1)C1CSCCS1. The Morgan fingerprint density at radius 3 is 2.69 bits per heavy atom. The van der Waals surface area contributed by atoms with Gasteiger partial charge in [0, 0.05) is 28.6 Å². The molecule has 94 valence electrons. The van der Waals surface area contributed by atoms with Gasteiger partial charge in [-0.1, -0.05) is 32.6 Å². The summed E-state index contributed by atoms with van der Waals surface area (Å²) in [6.07, 6.45) is 7.39. The minimum Gasteiger partial charge on any atom is -0.313 e. The second-order valence-corrected chi connectivity index (χ2v) is 7.53. The zero-order valence-electron chi connectivity index (χ0n) is 10.4. The molecule has 1 aliphatic carbocycles. The van der Waals surface area contributed by atoms with Gasteiger partial charge in [-0.2, -0.15) is 23.5 Å². The molecule has 1 nitrogen and oxygen atoms in total. The average Bonchev–Trinajstić information content (AvgIpc) is 2.83. The van der Waals surface area contributed by atoms with Crippen molar-refractivity contribution in [2.75, 3.05) is 23.8 Å². The molecular formula is C13H25NS2. The van der Waals surface area contributed by atoms with Crippen molar-refractivity contribution < 1.29 is 0 Å². The highest BCUT2D eigenvalue weighted by Gasteiger charge is 2.27. The Bertz CT molecular complexity index is 186. The van der Waals surface area contributed by atoms with Crippen molar-refractivity contribution >= 4 is 23.5 Å². The van der Waals surface area contributed by atoms with Gasteiger partial charge in [-0.3, -0.25) is 0 Å². The Morgan fingerprint density at radius 2 is 2.06 bits per heavy atom. The highest BCUT2D eigenvalue weighted by molar-refractivity contribution is 8.06. The minimum atomic E-state index is 0.783. The molecule has 1 aliphatic heterocycles. The number of rotatable bonds is 5. The van der Waals surface area contributed by atoms with Gasteiger partial charge in [-0.05, 0) is 18.9 Å². The van der Waals surface area contributed by atoms with E-state index >= 15 is 0 Å². The van der Waals surface area contributed by atoms with Crippen LogP contribution in [0, 0.1) is 5.92 Å². The van der Waals surface area contributed by atoms with Crippen LogP contribution in [0.4, 0.5) is 0 Å². The van der Waals surface area contributed by atoms with Crippen LogP contribution in [-0.2, 0) is 0 Å². The summed E-state index contributed by atoms with van der Waals surface area (Å²) in [6, 6.07) is 0.783. The van der Waals surface area contributed by atoms with Crippen molar-refractivity contribution in [2.24, 2.45) is 5.92 Å². The minimum absolute atomic E-state index is 0.783. The fraction of sp³-hybridized carbons (Fsp3) is 1.00. The van der Waals surface area contributed by atoms with Gasteiger partial charge >= 0.3 is 0 Å². The van der Waals surface area contributed by atoms with E-state index in [-0.39, 0.29) is 0 Å². The third-order valence-electron chi connectivity index (χ3n) is 3.82. The first kappa shape index (κ1) is 13.1. The van der Waals surface area contributed by atoms with Crippen LogP contribution in [0.3, 0.4) is 0 Å². The largest absolute Gasteiger partial charge is 0.313 e. The molecule has 0 aromatic heterocycles. The van der Waals surface area contributed by atoms with E-state index in [1.165, 1.54) is 49.4 Å². The van der Waals surface area contributed by atoms with E-state index in [0.29, 0.717) is 0 Å². The normalized spacial score (nSPS) is 29.4. The smallest absolute Gasteiger partial charge is 0.0292 e. The van der Waals surface area contributed by atoms with Crippen LogP contribution in [0.1, 0.15) is 39.0 Å². The van der Waals surface area contributed by atoms with Gasteiger partial charge in [0.15, 0.2) is 0 Å². The van der Waals surface area contributed by atoms with Gasteiger partial charge in [-0.25, -0.2) is 0 Å². The maximum Gasteiger partial charge on any atom is 0.0292 e. The predicted octanol–water partition coefficient (Wildman–Crippen LogP) is 3.39. The van der Waals surface area contributed by atoms with Crippen LogP contribution in [0.2, 0.25) is 0 Å². The number of thioether (sulfide) groups is 2. The third kappa shape index (κ3) is 3.85. The van der Waals surface area contributed by atoms with Gasteiger partial charge in [-0.15, -0.1) is 0 Å². The maximum absolute atomic E-state index is 3.75. The second kappa shape index (κ2) is 7.17. The third-order valence-corrected chi connectivity index (χ3v) is 6.74. The number of nitrogens with one attached hydrogen (secondary N) is 1. The van der Waals surface area contributed by atoms with E-state index in [2.05, 4.69) is 35.8 Å². The van der Waals surface area contributed by atoms with Gasteiger partial charge in [0.2, 0.25) is 0 Å². The lowest BCUT2D eigenvalue weighted by Crippen LogP contribution is -2.42. The van der Waals surface area contributed by atoms with Gasteiger partial charge in [0.25, 0.3) is 0 Å². The Hall–Kier alpha value is 0.660. The number of hydrogen-bond acceptors (Lipinski definition) is 3. The van der Waals surface area contributed by atoms with Gasteiger partial charge < -0.3 is 5.32 Å². The van der Waals surface area contributed by atoms with E-state index in [1.807, 2.05) is 0 Å². The fourth-order valence-electron chi connectivity index (χ4n) is 2.97. The van der Waals surface area contributed by atoms with Crippen molar-refractivity contribution in [3.63, 3.8) is 0 Å². The molecule has 2 atom stereocenters. The first-order valence-corrected chi connectivity index (χ1v) is 9.03. The Labute approximate surface area is 109 Å². The zero-order chi connectivity index (χ0) is 11.2. The molecule has 0 bridgehead atoms. The topological polar surface area (TPSA) is 12.0 Å². The van der Waals surface area contributed by atoms with Gasteiger partial charge in [0.05, 0.1) is 0 Å². The van der Waals surface area contributed by atoms with Crippen LogP contribution < -0.4 is 5.32 Å². The lowest BCUT2D eigenvalue weighted by atomic mass is 9.96. The van der Waals surface area contributed by atoms with Crippen molar-refractivity contribution in [1.29, 1.82) is 0 Å². The molecule has 1 saturated carbocycles. The van der Waals surface area contributed by atoms with Crippen LogP contribution in [0.5, 0.6) is 0 Å². The molecular weight excluding hydrogens is 234 g/mol. The molecule has 2 aliphatic rings. The summed E-state index contributed by atoms with van der Waals surface area (Å²) in [5.41, 5.74) is 0. The van der Waals surface area contributed by atoms with Crippen molar-refractivity contribution in [3.8, 4) is 0 Å². The van der Waals surface area contributed by atoms with Crippen molar-refractivity contribution in [3.05, 3.63) is 0 Å². The Balaban J connectivity index is 1.82. The van der Waals surface area contributed by atoms with Crippen molar-refractivity contribution in [2.45, 2.75) is 50.3 Å². The van der Waals surface area contributed by atoms with Crippen LogP contribution in [0.15, 0.2) is 0 Å². The summed E-state index contributed by atoms with van der Waals surface area (Å²) in [4.78, 5) is 0. The van der Waals surface area contributed by atoms with Crippen LogP contribution in [0.25, 0.3) is 0 Å². The second-order valence-electron chi connectivity index (χ2n) is 5.03. The predicted molar refractivity (Wildman–Crippen MR) is 77.6 cm³/mol. The van der Waals surface area contributed by atoms with E-state index < -0.39 is 0 Å². The monoisotopic (exact) mass is 259 g/mol. The summed E-state index contributed by atoms with van der Waals surface area (Å²) in [5.74, 6) is 5.12. The summed E-state index contributed by atoms with van der Waals surface area (Å²) < 4.78 is 0. The van der Waals surface area contributed by atoms with Gasteiger partial charge in [0.1, 0.15) is 0 Å². The highest BCUT2D eigenvalue weighted by atomic mass is 32.2. The molecule has 0 amide bonds. The molecule has 1 heterocycles. The standard InChI is InChI=1S/C13H25NS2/c1-2-14-12(9-11-5-3-4-6-11)13-10-15-7-8-16-13/h11-14H,2-10H2,1H3. The fourth-order valence-corrected chi connectivity index (χ4v) is 5.88. The first-order valence-electron chi connectivity index (χ1n) is 6.83. The number of hydrogen-bond donors (Lipinski definition) is 1. The molecule has 0 aromatic carbocycles. The zero-order valence-corrected chi connectivity index (χ0v) is 12.0. The molecule has 3 heteroatoms. The molecule has 16 heavy (non-hydrogen) atoms.